The Labute approximate surface area is 147 Å². The molecule has 3 heteroatoms. The van der Waals surface area contributed by atoms with E-state index in [1.807, 2.05) is 72.8 Å². The lowest BCUT2D eigenvalue weighted by Crippen LogP contribution is -2.08. The number of hydrogen-bond donors (Lipinski definition) is 1. The van der Waals surface area contributed by atoms with Crippen LogP contribution in [0.2, 0.25) is 0 Å². The number of rotatable bonds is 6. The highest BCUT2D eigenvalue weighted by molar-refractivity contribution is 5.99. The Morgan fingerprint density at radius 3 is 2.08 bits per heavy atom. The van der Waals surface area contributed by atoms with Gasteiger partial charge in [-0.2, -0.15) is 0 Å². The summed E-state index contributed by atoms with van der Waals surface area (Å²) in [6.07, 6.45) is 3.62. The highest BCUT2D eigenvalue weighted by Crippen LogP contribution is 2.14. The van der Waals surface area contributed by atoms with Crippen molar-refractivity contribution in [3.63, 3.8) is 0 Å². The van der Waals surface area contributed by atoms with Crippen molar-refractivity contribution in [1.82, 2.24) is 0 Å². The molecular formula is C22H19NO2. The second kappa shape index (κ2) is 8.50. The van der Waals surface area contributed by atoms with E-state index in [1.165, 1.54) is 23.5 Å². The maximum absolute atomic E-state index is 11.9. The summed E-state index contributed by atoms with van der Waals surface area (Å²) in [4.78, 5) is 11.9. The van der Waals surface area contributed by atoms with Crippen molar-refractivity contribution in [3.8, 4) is 5.75 Å². The second-order valence-electron chi connectivity index (χ2n) is 5.58. The summed E-state index contributed by atoms with van der Waals surface area (Å²) >= 11 is 0. The van der Waals surface area contributed by atoms with Crippen LogP contribution >= 0.6 is 0 Å². The van der Waals surface area contributed by atoms with Gasteiger partial charge in [0.25, 0.3) is 5.91 Å². The molecule has 3 aromatic rings. The van der Waals surface area contributed by atoms with Crippen LogP contribution in [-0.2, 0) is 11.2 Å². The standard InChI is InChI=1S/C22H19NO2/c24-22(15-16-25-21-9-5-2-6-10-21)23-20-13-11-19(12-14-20)17-18-7-3-1-4-8-18/h1-16H,17H2,(H,23,24). The Balaban J connectivity index is 1.51. The van der Waals surface area contributed by atoms with E-state index in [0.717, 1.165) is 12.1 Å². The highest BCUT2D eigenvalue weighted by Gasteiger charge is 2.00. The first kappa shape index (κ1) is 16.5. The topological polar surface area (TPSA) is 38.3 Å². The maximum Gasteiger partial charge on any atom is 0.251 e. The number of para-hydroxylation sites is 1. The van der Waals surface area contributed by atoms with Crippen LogP contribution in [0.1, 0.15) is 11.1 Å². The lowest BCUT2D eigenvalue weighted by molar-refractivity contribution is -0.112. The van der Waals surface area contributed by atoms with E-state index in [-0.39, 0.29) is 5.91 Å². The smallest absolute Gasteiger partial charge is 0.251 e. The van der Waals surface area contributed by atoms with E-state index in [4.69, 9.17) is 4.74 Å². The Kier molecular flexibility index (Phi) is 5.62. The van der Waals surface area contributed by atoms with Crippen LogP contribution in [0.15, 0.2) is 97.3 Å². The predicted octanol–water partition coefficient (Wildman–Crippen LogP) is 4.81. The number of benzene rings is 3. The molecule has 0 aliphatic carbocycles. The summed E-state index contributed by atoms with van der Waals surface area (Å²) in [5.74, 6) is 0.462. The second-order valence-corrected chi connectivity index (χ2v) is 5.58. The molecule has 3 nitrogen and oxygen atoms in total. The molecule has 1 amide bonds. The van der Waals surface area contributed by atoms with E-state index in [0.29, 0.717) is 5.75 Å². The number of carbonyl (C=O) groups is 1. The lowest BCUT2D eigenvalue weighted by atomic mass is 10.0. The number of anilines is 1. The van der Waals surface area contributed by atoms with Crippen molar-refractivity contribution in [2.75, 3.05) is 5.32 Å². The van der Waals surface area contributed by atoms with Crippen LogP contribution in [0.4, 0.5) is 5.69 Å². The molecule has 0 aliphatic rings. The molecule has 0 heterocycles. The number of nitrogens with one attached hydrogen (secondary N) is 1. The molecule has 3 aromatic carbocycles. The van der Waals surface area contributed by atoms with Crippen molar-refractivity contribution < 1.29 is 9.53 Å². The van der Waals surface area contributed by atoms with Gasteiger partial charge in [0, 0.05) is 11.8 Å². The van der Waals surface area contributed by atoms with E-state index in [2.05, 4.69) is 17.4 Å². The fraction of sp³-hybridized carbons (Fsp3) is 0.0455. The van der Waals surface area contributed by atoms with Crippen molar-refractivity contribution in [2.24, 2.45) is 0 Å². The fourth-order valence-corrected chi connectivity index (χ4v) is 2.39. The minimum atomic E-state index is -0.230. The molecule has 124 valence electrons. The zero-order valence-corrected chi connectivity index (χ0v) is 13.8. The van der Waals surface area contributed by atoms with Gasteiger partial charge in [-0.15, -0.1) is 0 Å². The van der Waals surface area contributed by atoms with Crippen molar-refractivity contribution >= 4 is 11.6 Å². The molecule has 1 N–H and O–H groups in total. The number of hydrogen-bond acceptors (Lipinski definition) is 2. The van der Waals surface area contributed by atoms with E-state index in [1.54, 1.807) is 0 Å². The normalized spacial score (nSPS) is 10.6. The van der Waals surface area contributed by atoms with Crippen LogP contribution in [0, 0.1) is 0 Å². The number of ether oxygens (including phenoxy) is 1. The first-order valence-electron chi connectivity index (χ1n) is 8.12. The molecule has 3 rings (SSSR count). The van der Waals surface area contributed by atoms with Crippen LogP contribution in [0.3, 0.4) is 0 Å². The summed E-state index contributed by atoms with van der Waals surface area (Å²) < 4.78 is 5.36. The number of amides is 1. The molecule has 0 saturated heterocycles. The van der Waals surface area contributed by atoms with E-state index >= 15 is 0 Å². The molecule has 0 spiro atoms. The molecule has 0 bridgehead atoms. The third-order valence-corrected chi connectivity index (χ3v) is 3.64. The molecule has 0 unspecified atom stereocenters. The average Bonchev–Trinajstić information content (AvgIpc) is 2.65. The van der Waals surface area contributed by atoms with Gasteiger partial charge in [0.2, 0.25) is 0 Å². The highest BCUT2D eigenvalue weighted by atomic mass is 16.5. The summed E-state index contributed by atoms with van der Waals surface area (Å²) in [6, 6.07) is 27.5. The quantitative estimate of drug-likeness (QED) is 0.521. The predicted molar refractivity (Wildman–Crippen MR) is 101 cm³/mol. The van der Waals surface area contributed by atoms with Gasteiger partial charge in [0.15, 0.2) is 0 Å². The SMILES string of the molecule is O=C(C=COc1ccccc1)Nc1ccc(Cc2ccccc2)cc1. The van der Waals surface area contributed by atoms with Gasteiger partial charge in [-0.1, -0.05) is 60.7 Å². The van der Waals surface area contributed by atoms with Gasteiger partial charge < -0.3 is 10.1 Å². The van der Waals surface area contributed by atoms with Gasteiger partial charge in [-0.3, -0.25) is 4.79 Å². The average molecular weight is 329 g/mol. The molecule has 0 radical (unpaired) electrons. The molecule has 0 fully saturated rings. The summed E-state index contributed by atoms with van der Waals surface area (Å²) in [5, 5.41) is 2.81. The van der Waals surface area contributed by atoms with Crippen molar-refractivity contribution in [3.05, 3.63) is 108 Å². The Bertz CT molecular complexity index is 825. The van der Waals surface area contributed by atoms with Crippen LogP contribution in [0.25, 0.3) is 0 Å². The van der Waals surface area contributed by atoms with E-state index in [9.17, 15) is 4.79 Å². The molecule has 25 heavy (non-hydrogen) atoms. The van der Waals surface area contributed by atoms with Gasteiger partial charge in [0.05, 0.1) is 6.26 Å². The summed E-state index contributed by atoms with van der Waals surface area (Å²) in [6.45, 7) is 0. The van der Waals surface area contributed by atoms with Crippen LogP contribution < -0.4 is 10.1 Å². The molecule has 0 aliphatic heterocycles. The van der Waals surface area contributed by atoms with Crippen LogP contribution in [-0.4, -0.2) is 5.91 Å². The van der Waals surface area contributed by atoms with Gasteiger partial charge in [-0.25, -0.2) is 0 Å². The van der Waals surface area contributed by atoms with Crippen molar-refractivity contribution in [2.45, 2.75) is 6.42 Å². The Morgan fingerprint density at radius 2 is 1.40 bits per heavy atom. The molecule has 0 atom stereocenters. The Morgan fingerprint density at radius 1 is 0.800 bits per heavy atom. The number of carbonyl (C=O) groups excluding carboxylic acids is 1. The van der Waals surface area contributed by atoms with E-state index < -0.39 is 0 Å². The Hall–Kier alpha value is -3.33. The zero-order chi connectivity index (χ0) is 17.3. The van der Waals surface area contributed by atoms with Crippen molar-refractivity contribution in [1.29, 1.82) is 0 Å². The van der Waals surface area contributed by atoms with Gasteiger partial charge in [-0.05, 0) is 41.8 Å². The summed E-state index contributed by atoms with van der Waals surface area (Å²) in [5.41, 5.74) is 3.22. The monoisotopic (exact) mass is 329 g/mol. The largest absolute Gasteiger partial charge is 0.465 e. The lowest BCUT2D eigenvalue weighted by Gasteiger charge is -2.05. The minimum Gasteiger partial charge on any atom is -0.465 e. The minimum absolute atomic E-state index is 0.230. The zero-order valence-electron chi connectivity index (χ0n) is 13.8. The summed E-state index contributed by atoms with van der Waals surface area (Å²) in [7, 11) is 0. The van der Waals surface area contributed by atoms with Gasteiger partial charge >= 0.3 is 0 Å². The van der Waals surface area contributed by atoms with Gasteiger partial charge in [0.1, 0.15) is 5.75 Å². The third-order valence-electron chi connectivity index (χ3n) is 3.64. The van der Waals surface area contributed by atoms with Crippen LogP contribution in [0.5, 0.6) is 5.75 Å². The molecule has 0 saturated carbocycles. The first-order valence-corrected chi connectivity index (χ1v) is 8.12. The maximum atomic E-state index is 11.9. The molecular weight excluding hydrogens is 310 g/mol. The fourth-order valence-electron chi connectivity index (χ4n) is 2.39. The third kappa shape index (κ3) is 5.36. The first-order chi connectivity index (χ1) is 12.3. The molecule has 0 aromatic heterocycles.